The number of amides is 1. The second-order valence-electron chi connectivity index (χ2n) is 7.49. The second-order valence-corrected chi connectivity index (χ2v) is 9.52. The predicted molar refractivity (Wildman–Crippen MR) is 123 cm³/mol. The number of nitrogens with zero attached hydrogens (tertiary/aromatic N) is 1. The number of hydrogen-bond acceptors (Lipinski definition) is 6. The lowest BCUT2D eigenvalue weighted by molar-refractivity contribution is 0.0748. The quantitative estimate of drug-likeness (QED) is 0.533. The van der Waals surface area contributed by atoms with Gasteiger partial charge in [-0.3, -0.25) is 4.79 Å². The van der Waals surface area contributed by atoms with Crippen molar-refractivity contribution in [2.45, 2.75) is 44.6 Å². The van der Waals surface area contributed by atoms with Gasteiger partial charge >= 0.3 is 0 Å². The van der Waals surface area contributed by atoms with Crippen LogP contribution in [0.3, 0.4) is 0 Å². The smallest absolute Gasteiger partial charge is 0.254 e. The van der Waals surface area contributed by atoms with Crippen molar-refractivity contribution in [1.29, 1.82) is 0 Å². The van der Waals surface area contributed by atoms with E-state index in [0.29, 0.717) is 55.6 Å². The van der Waals surface area contributed by atoms with Gasteiger partial charge in [0.05, 0.1) is 30.5 Å². The Hall–Kier alpha value is -2.74. The summed E-state index contributed by atoms with van der Waals surface area (Å²) in [6.07, 6.45) is 1.40. The van der Waals surface area contributed by atoms with Gasteiger partial charge < -0.3 is 19.1 Å². The highest BCUT2D eigenvalue weighted by atomic mass is 32.2. The van der Waals surface area contributed by atoms with Gasteiger partial charge in [-0.15, -0.1) is 0 Å². The van der Waals surface area contributed by atoms with Crippen LogP contribution in [-0.2, 0) is 9.84 Å². The van der Waals surface area contributed by atoms with E-state index in [0.717, 1.165) is 6.42 Å². The average Bonchev–Trinajstić information content (AvgIpc) is 3.23. The molecule has 0 aromatic heterocycles. The minimum Gasteiger partial charge on any atom is -0.490 e. The summed E-state index contributed by atoms with van der Waals surface area (Å²) in [6, 6.07) is 11.3. The lowest BCUT2D eigenvalue weighted by Crippen LogP contribution is -2.39. The number of carbonyl (C=O) groups is 1. The molecule has 3 rings (SSSR count). The van der Waals surface area contributed by atoms with Crippen molar-refractivity contribution in [1.82, 2.24) is 4.90 Å². The first-order valence-corrected chi connectivity index (χ1v) is 12.7. The zero-order valence-electron chi connectivity index (χ0n) is 18.9. The molecule has 0 aliphatic carbocycles. The highest BCUT2D eigenvalue weighted by molar-refractivity contribution is 7.91. The van der Waals surface area contributed by atoms with Gasteiger partial charge in [-0.25, -0.2) is 8.42 Å². The molecule has 1 atom stereocenters. The molecule has 0 bridgehead atoms. The Kier molecular flexibility index (Phi) is 8.01. The van der Waals surface area contributed by atoms with E-state index < -0.39 is 9.84 Å². The molecule has 174 valence electrons. The van der Waals surface area contributed by atoms with E-state index in [1.54, 1.807) is 47.4 Å². The molecule has 32 heavy (non-hydrogen) atoms. The van der Waals surface area contributed by atoms with Crippen LogP contribution in [0.2, 0.25) is 0 Å². The summed E-state index contributed by atoms with van der Waals surface area (Å²) in [6.45, 7) is 7.33. The molecule has 2 aromatic rings. The maximum Gasteiger partial charge on any atom is 0.254 e. The number of carbonyl (C=O) groups excluding carboxylic acids is 1. The second kappa shape index (κ2) is 10.7. The molecule has 1 fully saturated rings. The summed E-state index contributed by atoms with van der Waals surface area (Å²) in [7, 11) is -3.50. The number of hydrogen-bond donors (Lipinski definition) is 0. The van der Waals surface area contributed by atoms with Crippen molar-refractivity contribution in [2.24, 2.45) is 0 Å². The molecule has 1 saturated heterocycles. The van der Waals surface area contributed by atoms with Crippen LogP contribution in [0.15, 0.2) is 47.4 Å². The Morgan fingerprint density at radius 1 is 0.969 bits per heavy atom. The van der Waals surface area contributed by atoms with Crippen LogP contribution in [0.25, 0.3) is 0 Å². The first kappa shape index (κ1) is 23.9. The van der Waals surface area contributed by atoms with Crippen molar-refractivity contribution < 1.29 is 27.4 Å². The fraction of sp³-hybridized carbons (Fsp3) is 0.458. The first-order chi connectivity index (χ1) is 15.4. The Bertz CT molecular complexity index is 995. The Labute approximate surface area is 190 Å². The van der Waals surface area contributed by atoms with Crippen molar-refractivity contribution >= 4 is 15.7 Å². The third kappa shape index (κ3) is 5.35. The first-order valence-electron chi connectivity index (χ1n) is 11.1. The zero-order valence-corrected chi connectivity index (χ0v) is 19.7. The summed E-state index contributed by atoms with van der Waals surface area (Å²) in [5, 5.41) is 0. The van der Waals surface area contributed by atoms with Crippen LogP contribution in [0, 0.1) is 0 Å². The molecule has 1 heterocycles. The maximum absolute atomic E-state index is 13.4. The summed E-state index contributed by atoms with van der Waals surface area (Å²) < 4.78 is 42.9. The van der Waals surface area contributed by atoms with E-state index in [1.165, 1.54) is 0 Å². The fourth-order valence-corrected chi connectivity index (χ4v) is 5.55. The molecule has 0 spiro atoms. The van der Waals surface area contributed by atoms with E-state index in [9.17, 15) is 13.2 Å². The topological polar surface area (TPSA) is 82.1 Å². The SMILES string of the molecule is CCOc1cc(C(=O)N2CCCC2CS(=O)(=O)c2ccccc2)cc(OCC)c1OCC. The van der Waals surface area contributed by atoms with Gasteiger partial charge in [-0.1, -0.05) is 18.2 Å². The molecule has 0 N–H and O–H groups in total. The van der Waals surface area contributed by atoms with Crippen LogP contribution in [-0.4, -0.2) is 57.4 Å². The zero-order chi connectivity index (χ0) is 23.1. The molecule has 0 radical (unpaired) electrons. The molecule has 1 amide bonds. The number of ether oxygens (including phenoxy) is 3. The number of likely N-dealkylation sites (tertiary alicyclic amines) is 1. The molecule has 1 aliphatic heterocycles. The van der Waals surface area contributed by atoms with Crippen LogP contribution < -0.4 is 14.2 Å². The van der Waals surface area contributed by atoms with E-state index in [4.69, 9.17) is 14.2 Å². The fourth-order valence-electron chi connectivity index (χ4n) is 3.93. The van der Waals surface area contributed by atoms with E-state index >= 15 is 0 Å². The monoisotopic (exact) mass is 461 g/mol. The maximum atomic E-state index is 13.4. The highest BCUT2D eigenvalue weighted by Gasteiger charge is 2.34. The Balaban J connectivity index is 1.89. The van der Waals surface area contributed by atoms with Crippen LogP contribution in [0.4, 0.5) is 0 Å². The standard InChI is InChI=1S/C24H31NO6S/c1-4-29-21-15-18(16-22(30-5-2)23(21)31-6-3)24(26)25-14-10-11-19(25)17-32(27,28)20-12-8-7-9-13-20/h7-9,12-13,15-16,19H,4-6,10-11,14,17H2,1-3H3. The number of benzene rings is 2. The molecule has 0 saturated carbocycles. The van der Waals surface area contributed by atoms with Crippen molar-refractivity contribution in [3.8, 4) is 17.2 Å². The Morgan fingerprint density at radius 3 is 2.12 bits per heavy atom. The van der Waals surface area contributed by atoms with E-state index in [2.05, 4.69) is 0 Å². The van der Waals surface area contributed by atoms with E-state index in [-0.39, 0.29) is 22.6 Å². The van der Waals surface area contributed by atoms with Crippen molar-refractivity contribution in [2.75, 3.05) is 32.1 Å². The third-order valence-corrected chi connectivity index (χ3v) is 7.12. The number of rotatable bonds is 10. The van der Waals surface area contributed by atoms with Gasteiger partial charge in [0.25, 0.3) is 5.91 Å². The largest absolute Gasteiger partial charge is 0.490 e. The molecule has 2 aromatic carbocycles. The van der Waals surface area contributed by atoms with Crippen molar-refractivity contribution in [3.05, 3.63) is 48.0 Å². The van der Waals surface area contributed by atoms with Crippen molar-refractivity contribution in [3.63, 3.8) is 0 Å². The minimum absolute atomic E-state index is 0.101. The van der Waals surface area contributed by atoms with Gasteiger partial charge in [0.1, 0.15) is 0 Å². The number of sulfone groups is 1. The molecular formula is C24H31NO6S. The lowest BCUT2D eigenvalue weighted by atomic mass is 10.1. The molecule has 1 aliphatic rings. The lowest BCUT2D eigenvalue weighted by Gasteiger charge is -2.25. The summed E-state index contributed by atoms with van der Waals surface area (Å²) in [5.74, 6) is 1.02. The summed E-state index contributed by atoms with van der Waals surface area (Å²) >= 11 is 0. The van der Waals surface area contributed by atoms with Gasteiger partial charge in [-0.2, -0.15) is 0 Å². The average molecular weight is 462 g/mol. The Morgan fingerprint density at radius 2 is 1.56 bits per heavy atom. The van der Waals surface area contributed by atoms with Crippen LogP contribution in [0.5, 0.6) is 17.2 Å². The van der Waals surface area contributed by atoms with Gasteiger partial charge in [0, 0.05) is 18.2 Å². The third-order valence-electron chi connectivity index (χ3n) is 5.31. The molecule has 1 unspecified atom stereocenters. The minimum atomic E-state index is -3.50. The summed E-state index contributed by atoms with van der Waals surface area (Å²) in [5.41, 5.74) is 0.393. The van der Waals surface area contributed by atoms with Crippen LogP contribution >= 0.6 is 0 Å². The normalized spacial score (nSPS) is 16.1. The molecular weight excluding hydrogens is 430 g/mol. The van der Waals surface area contributed by atoms with E-state index in [1.807, 2.05) is 20.8 Å². The van der Waals surface area contributed by atoms with Gasteiger partial charge in [-0.05, 0) is 57.9 Å². The van der Waals surface area contributed by atoms with Crippen LogP contribution in [0.1, 0.15) is 44.0 Å². The predicted octanol–water partition coefficient (Wildman–Crippen LogP) is 3.96. The molecule has 7 nitrogen and oxygen atoms in total. The molecule has 8 heteroatoms. The summed E-state index contributed by atoms with van der Waals surface area (Å²) in [4.78, 5) is 15.4. The van der Waals surface area contributed by atoms with Gasteiger partial charge in [0.15, 0.2) is 21.3 Å². The van der Waals surface area contributed by atoms with Gasteiger partial charge in [0.2, 0.25) is 5.75 Å². The highest BCUT2D eigenvalue weighted by Crippen LogP contribution is 2.40.